The van der Waals surface area contributed by atoms with Crippen LogP contribution in [-0.2, 0) is 11.3 Å². The lowest BCUT2D eigenvalue weighted by Gasteiger charge is -2.07. The monoisotopic (exact) mass is 288 g/mol. The third-order valence-electron chi connectivity index (χ3n) is 3.24. The van der Waals surface area contributed by atoms with Gasteiger partial charge in [0, 0.05) is 5.69 Å². The molecule has 7 nitrogen and oxygen atoms in total. The quantitative estimate of drug-likeness (QED) is 0.690. The van der Waals surface area contributed by atoms with Gasteiger partial charge in [0.25, 0.3) is 0 Å². The van der Waals surface area contributed by atoms with Gasteiger partial charge in [0.2, 0.25) is 5.91 Å². The Bertz CT molecular complexity index is 706. The van der Waals surface area contributed by atoms with E-state index >= 15 is 0 Å². The van der Waals surface area contributed by atoms with Gasteiger partial charge in [-0.2, -0.15) is 4.68 Å². The summed E-state index contributed by atoms with van der Waals surface area (Å²) in [5.74, 6) is -0.536. The zero-order valence-corrected chi connectivity index (χ0v) is 12.1. The van der Waals surface area contributed by atoms with E-state index in [1.807, 2.05) is 32.0 Å². The van der Waals surface area contributed by atoms with Gasteiger partial charge in [-0.25, -0.2) is 0 Å². The van der Waals surface area contributed by atoms with Gasteiger partial charge in [-0.15, -0.1) is 0 Å². The molecular weight excluding hydrogens is 272 g/mol. The summed E-state index contributed by atoms with van der Waals surface area (Å²) < 4.78 is 1.31. The second-order valence-electron chi connectivity index (χ2n) is 4.91. The molecule has 2 rings (SSSR count). The largest absolute Gasteiger partial charge is 0.390 e. The van der Waals surface area contributed by atoms with Crippen molar-refractivity contribution in [1.29, 1.82) is 0 Å². The summed E-state index contributed by atoms with van der Waals surface area (Å²) in [6.07, 6.45) is 0. The Kier molecular flexibility index (Phi) is 4.02. The molecule has 1 N–H and O–H groups in total. The van der Waals surface area contributed by atoms with Gasteiger partial charge in [-0.3, -0.25) is 4.79 Å². The molecule has 0 saturated carbocycles. The maximum absolute atomic E-state index is 12.0. The first-order chi connectivity index (χ1) is 9.86. The van der Waals surface area contributed by atoms with E-state index in [2.05, 4.69) is 10.4 Å². The highest BCUT2D eigenvalue weighted by atomic mass is 16.6. The molecule has 1 heterocycles. The molecule has 0 aliphatic heterocycles. The summed E-state index contributed by atoms with van der Waals surface area (Å²) in [6.45, 7) is 5.56. The Hall–Kier alpha value is -2.70. The first-order valence-corrected chi connectivity index (χ1v) is 6.43. The minimum atomic E-state index is -0.579. The van der Waals surface area contributed by atoms with E-state index in [1.54, 1.807) is 6.92 Å². The van der Waals surface area contributed by atoms with Crippen molar-refractivity contribution in [3.05, 3.63) is 51.2 Å². The zero-order chi connectivity index (χ0) is 15.6. The molecule has 0 unspecified atom stereocenters. The molecule has 0 fully saturated rings. The van der Waals surface area contributed by atoms with Crippen LogP contribution in [0, 0.1) is 30.9 Å². The number of nitro groups is 1. The molecule has 1 aromatic carbocycles. The summed E-state index contributed by atoms with van der Waals surface area (Å²) in [5.41, 5.74) is 3.49. The number of aromatic nitrogens is 2. The Morgan fingerprint density at radius 3 is 2.57 bits per heavy atom. The van der Waals surface area contributed by atoms with Crippen LogP contribution in [0.3, 0.4) is 0 Å². The van der Waals surface area contributed by atoms with Crippen molar-refractivity contribution in [2.45, 2.75) is 27.3 Å². The lowest BCUT2D eigenvalue weighted by Crippen LogP contribution is -2.20. The van der Waals surface area contributed by atoms with Crippen LogP contribution in [0.2, 0.25) is 0 Å². The van der Waals surface area contributed by atoms with E-state index in [1.165, 1.54) is 10.7 Å². The molecule has 1 aromatic heterocycles. The van der Waals surface area contributed by atoms with Gasteiger partial charge in [0.05, 0.1) is 16.9 Å². The zero-order valence-electron chi connectivity index (χ0n) is 12.1. The summed E-state index contributed by atoms with van der Waals surface area (Å²) in [5, 5.41) is 17.2. The van der Waals surface area contributed by atoms with E-state index < -0.39 is 4.92 Å². The third-order valence-corrected chi connectivity index (χ3v) is 3.24. The highest BCUT2D eigenvalue weighted by molar-refractivity contribution is 5.90. The minimum Gasteiger partial charge on any atom is -0.358 e. The summed E-state index contributed by atoms with van der Waals surface area (Å²) in [6, 6.07) is 6.96. The summed E-state index contributed by atoms with van der Waals surface area (Å²) in [7, 11) is 0. The maximum Gasteiger partial charge on any atom is 0.390 e. The fourth-order valence-electron chi connectivity index (χ4n) is 1.90. The smallest absolute Gasteiger partial charge is 0.358 e. The van der Waals surface area contributed by atoms with Gasteiger partial charge in [-0.1, -0.05) is 6.07 Å². The van der Waals surface area contributed by atoms with E-state index in [0.29, 0.717) is 11.4 Å². The number of carbonyl (C=O) groups is 1. The number of anilines is 1. The van der Waals surface area contributed by atoms with Gasteiger partial charge in [0.15, 0.2) is 0 Å². The average molecular weight is 288 g/mol. The van der Waals surface area contributed by atoms with Crippen molar-refractivity contribution in [2.24, 2.45) is 0 Å². The molecular formula is C14H16N4O3. The molecule has 110 valence electrons. The standard InChI is InChI=1S/C14H16N4O3/c1-9-4-5-12(6-10(9)2)15-14(19)8-17-11(3)7-13(16-17)18(20)21/h4-7H,8H2,1-3H3,(H,15,19). The lowest BCUT2D eigenvalue weighted by molar-refractivity contribution is -0.389. The second kappa shape index (κ2) is 5.74. The highest BCUT2D eigenvalue weighted by Crippen LogP contribution is 2.15. The van der Waals surface area contributed by atoms with Crippen LogP contribution in [-0.4, -0.2) is 20.6 Å². The molecule has 0 saturated heterocycles. The van der Waals surface area contributed by atoms with Crippen LogP contribution in [0.5, 0.6) is 0 Å². The van der Waals surface area contributed by atoms with E-state index in [9.17, 15) is 14.9 Å². The Labute approximate surface area is 121 Å². The van der Waals surface area contributed by atoms with Gasteiger partial charge < -0.3 is 15.4 Å². The predicted molar refractivity (Wildman–Crippen MR) is 78.2 cm³/mol. The molecule has 7 heteroatoms. The van der Waals surface area contributed by atoms with E-state index in [4.69, 9.17) is 0 Å². The number of hydrogen-bond acceptors (Lipinski definition) is 4. The van der Waals surface area contributed by atoms with Crippen molar-refractivity contribution in [3.8, 4) is 0 Å². The van der Waals surface area contributed by atoms with Crippen LogP contribution in [0.25, 0.3) is 0 Å². The normalized spacial score (nSPS) is 10.4. The van der Waals surface area contributed by atoms with Crippen LogP contribution >= 0.6 is 0 Å². The number of benzene rings is 1. The van der Waals surface area contributed by atoms with Crippen molar-refractivity contribution < 1.29 is 9.72 Å². The second-order valence-corrected chi connectivity index (χ2v) is 4.91. The molecule has 0 aliphatic rings. The van der Waals surface area contributed by atoms with Crippen molar-refractivity contribution in [1.82, 2.24) is 9.78 Å². The average Bonchev–Trinajstić information content (AvgIpc) is 2.76. The van der Waals surface area contributed by atoms with E-state index in [0.717, 1.165) is 11.1 Å². The molecule has 0 aliphatic carbocycles. The van der Waals surface area contributed by atoms with Gasteiger partial charge >= 0.3 is 5.82 Å². The molecule has 21 heavy (non-hydrogen) atoms. The number of hydrogen-bond donors (Lipinski definition) is 1. The molecule has 0 atom stereocenters. The highest BCUT2D eigenvalue weighted by Gasteiger charge is 2.17. The Morgan fingerprint density at radius 2 is 2.00 bits per heavy atom. The summed E-state index contributed by atoms with van der Waals surface area (Å²) >= 11 is 0. The van der Waals surface area contributed by atoms with E-state index in [-0.39, 0.29) is 18.3 Å². The number of nitrogens with zero attached hydrogens (tertiary/aromatic N) is 3. The fraction of sp³-hybridized carbons (Fsp3) is 0.286. The molecule has 0 spiro atoms. The van der Waals surface area contributed by atoms with Crippen LogP contribution in [0.4, 0.5) is 11.5 Å². The topological polar surface area (TPSA) is 90.1 Å². The van der Waals surface area contributed by atoms with Crippen LogP contribution in [0.1, 0.15) is 16.8 Å². The first-order valence-electron chi connectivity index (χ1n) is 6.43. The predicted octanol–water partition coefficient (Wildman–Crippen LogP) is 2.36. The van der Waals surface area contributed by atoms with Gasteiger partial charge in [-0.05, 0) is 49.0 Å². The van der Waals surface area contributed by atoms with Crippen molar-refractivity contribution >= 4 is 17.4 Å². The SMILES string of the molecule is Cc1ccc(NC(=O)Cn2nc([N+](=O)[O-])cc2C)cc1C. The number of aryl methyl sites for hydroxylation is 3. The fourth-order valence-corrected chi connectivity index (χ4v) is 1.90. The first kappa shape index (κ1) is 14.7. The number of amides is 1. The molecule has 0 bridgehead atoms. The van der Waals surface area contributed by atoms with Crippen molar-refractivity contribution in [2.75, 3.05) is 5.32 Å². The van der Waals surface area contributed by atoms with Crippen molar-refractivity contribution in [3.63, 3.8) is 0 Å². The molecule has 2 aromatic rings. The molecule has 1 amide bonds. The van der Waals surface area contributed by atoms with Crippen LogP contribution < -0.4 is 5.32 Å². The molecule has 0 radical (unpaired) electrons. The number of carbonyl (C=O) groups excluding carboxylic acids is 1. The maximum atomic E-state index is 12.0. The van der Waals surface area contributed by atoms with Crippen LogP contribution in [0.15, 0.2) is 24.3 Å². The lowest BCUT2D eigenvalue weighted by atomic mass is 10.1. The summed E-state index contributed by atoms with van der Waals surface area (Å²) in [4.78, 5) is 22.0. The van der Waals surface area contributed by atoms with Gasteiger partial charge in [0.1, 0.15) is 6.54 Å². The third kappa shape index (κ3) is 3.44. The Balaban J connectivity index is 2.07. The number of nitrogens with one attached hydrogen (secondary N) is 1. The Morgan fingerprint density at radius 1 is 1.29 bits per heavy atom. The number of rotatable bonds is 4. The minimum absolute atomic E-state index is 0.0629.